The summed E-state index contributed by atoms with van der Waals surface area (Å²) in [6.45, 7) is 4.73. The average Bonchev–Trinajstić information content (AvgIpc) is 3.02. The summed E-state index contributed by atoms with van der Waals surface area (Å²) in [7, 11) is 0. The Balaban J connectivity index is 1.60. The number of allylic oxidation sites excluding steroid dienone is 3. The molecule has 5 nitrogen and oxygen atoms in total. The maximum absolute atomic E-state index is 9.41. The fourth-order valence-electron chi connectivity index (χ4n) is 3.64. The van der Waals surface area contributed by atoms with Gasteiger partial charge in [0.25, 0.3) is 0 Å². The topological polar surface area (TPSA) is 64.8 Å². The van der Waals surface area contributed by atoms with Gasteiger partial charge >= 0.3 is 0 Å². The molecule has 1 N–H and O–H groups in total. The molecule has 2 aliphatic rings. The molecule has 2 aromatic rings. The first-order valence-electron chi connectivity index (χ1n) is 9.05. The van der Waals surface area contributed by atoms with E-state index in [0.717, 1.165) is 22.8 Å². The molecule has 0 saturated heterocycles. The normalized spacial score (nSPS) is 20.6. The predicted octanol–water partition coefficient (Wildman–Crippen LogP) is 4.13. The first-order valence-corrected chi connectivity index (χ1v) is 9.05. The van der Waals surface area contributed by atoms with Crippen molar-refractivity contribution in [3.8, 4) is 6.07 Å². The van der Waals surface area contributed by atoms with Crippen LogP contribution in [0.2, 0.25) is 0 Å². The smallest absolute Gasteiger partial charge is 0.232 e. The Hall–Kier alpha value is -3.39. The highest BCUT2D eigenvalue weighted by Gasteiger charge is 2.36. The van der Waals surface area contributed by atoms with Crippen molar-refractivity contribution in [2.75, 3.05) is 10.2 Å². The fourth-order valence-corrected chi connectivity index (χ4v) is 3.64. The number of rotatable bonds is 4. The number of aryl methyl sites for hydroxylation is 1. The van der Waals surface area contributed by atoms with Crippen LogP contribution < -0.4 is 10.2 Å². The summed E-state index contributed by atoms with van der Waals surface area (Å²) in [4.78, 5) is 11.5. The molecule has 1 aromatic heterocycles. The van der Waals surface area contributed by atoms with Gasteiger partial charge in [0, 0.05) is 35.5 Å². The second-order valence-corrected chi connectivity index (χ2v) is 6.85. The maximum atomic E-state index is 9.41. The van der Waals surface area contributed by atoms with Gasteiger partial charge in [-0.25, -0.2) is 4.98 Å². The van der Waals surface area contributed by atoms with Gasteiger partial charge in [0.1, 0.15) is 5.82 Å². The van der Waals surface area contributed by atoms with E-state index >= 15 is 0 Å². The predicted molar refractivity (Wildman–Crippen MR) is 107 cm³/mol. The Morgan fingerprint density at radius 2 is 2.00 bits per heavy atom. The van der Waals surface area contributed by atoms with Gasteiger partial charge in [-0.1, -0.05) is 48.6 Å². The third-order valence-electron chi connectivity index (χ3n) is 4.91. The molecule has 2 atom stereocenters. The van der Waals surface area contributed by atoms with Gasteiger partial charge in [0.2, 0.25) is 5.95 Å². The standard InChI is InChI=1S/C22H21N5/c1-15-11-21(24-14-17-7-4-3-5-8-17)26-22(25-15)27-16(2)12-19-18(13-23)9-6-10-20(19)27/h3-12,19-20H,14H2,1-2H3,(H,24,25,26). The van der Waals surface area contributed by atoms with Crippen LogP contribution in [-0.2, 0) is 6.54 Å². The van der Waals surface area contributed by atoms with Gasteiger partial charge in [-0.2, -0.15) is 10.2 Å². The van der Waals surface area contributed by atoms with E-state index in [1.54, 1.807) is 0 Å². The average molecular weight is 355 g/mol. The van der Waals surface area contributed by atoms with Crippen LogP contribution in [0.5, 0.6) is 0 Å². The first-order chi connectivity index (χ1) is 13.2. The van der Waals surface area contributed by atoms with E-state index in [2.05, 4.69) is 45.6 Å². The van der Waals surface area contributed by atoms with Crippen molar-refractivity contribution in [2.24, 2.45) is 5.92 Å². The lowest BCUT2D eigenvalue weighted by atomic mass is 9.89. The highest BCUT2D eigenvalue weighted by atomic mass is 15.3. The summed E-state index contributed by atoms with van der Waals surface area (Å²) in [5.41, 5.74) is 3.95. The largest absolute Gasteiger partial charge is 0.366 e. The number of hydrogen-bond acceptors (Lipinski definition) is 5. The lowest BCUT2D eigenvalue weighted by Gasteiger charge is -2.29. The molecule has 5 heteroatoms. The van der Waals surface area contributed by atoms with Gasteiger partial charge in [-0.15, -0.1) is 0 Å². The Labute approximate surface area is 159 Å². The highest BCUT2D eigenvalue weighted by Crippen LogP contribution is 2.37. The summed E-state index contributed by atoms with van der Waals surface area (Å²) in [5, 5.41) is 12.8. The lowest BCUT2D eigenvalue weighted by molar-refractivity contribution is 0.664. The van der Waals surface area contributed by atoms with Crippen molar-refractivity contribution in [1.82, 2.24) is 9.97 Å². The molecule has 0 saturated carbocycles. The number of aromatic nitrogens is 2. The van der Waals surface area contributed by atoms with Crippen molar-refractivity contribution >= 4 is 11.8 Å². The zero-order chi connectivity index (χ0) is 18.8. The summed E-state index contributed by atoms with van der Waals surface area (Å²) in [6, 6.07) is 14.6. The highest BCUT2D eigenvalue weighted by molar-refractivity contribution is 5.56. The minimum atomic E-state index is 0.0495. The van der Waals surface area contributed by atoms with Crippen molar-refractivity contribution < 1.29 is 0 Å². The third kappa shape index (κ3) is 3.34. The summed E-state index contributed by atoms with van der Waals surface area (Å²) in [5.74, 6) is 1.52. The van der Waals surface area contributed by atoms with E-state index in [1.165, 1.54) is 5.56 Å². The maximum Gasteiger partial charge on any atom is 0.232 e. The second kappa shape index (κ2) is 7.08. The molecule has 1 aliphatic carbocycles. The quantitative estimate of drug-likeness (QED) is 0.893. The van der Waals surface area contributed by atoms with E-state index in [4.69, 9.17) is 4.98 Å². The first kappa shape index (κ1) is 17.0. The van der Waals surface area contributed by atoms with E-state index in [9.17, 15) is 5.26 Å². The van der Waals surface area contributed by atoms with Crippen LogP contribution in [0, 0.1) is 24.2 Å². The molecule has 4 rings (SSSR count). The summed E-state index contributed by atoms with van der Waals surface area (Å²) >= 11 is 0. The third-order valence-corrected chi connectivity index (χ3v) is 4.91. The van der Waals surface area contributed by atoms with Gasteiger partial charge in [-0.05, 0) is 25.5 Å². The van der Waals surface area contributed by atoms with Crippen LogP contribution in [-0.4, -0.2) is 16.0 Å². The van der Waals surface area contributed by atoms with E-state index in [1.807, 2.05) is 50.3 Å². The number of hydrogen-bond donors (Lipinski definition) is 1. The second-order valence-electron chi connectivity index (χ2n) is 6.85. The molecule has 0 radical (unpaired) electrons. The van der Waals surface area contributed by atoms with Gasteiger partial charge in [-0.3, -0.25) is 0 Å². The molecule has 1 aromatic carbocycles. The Bertz CT molecular complexity index is 982. The van der Waals surface area contributed by atoms with Gasteiger partial charge in [0.05, 0.1) is 12.1 Å². The van der Waals surface area contributed by atoms with Crippen molar-refractivity contribution in [3.05, 3.63) is 83.2 Å². The van der Waals surface area contributed by atoms with Crippen molar-refractivity contribution in [3.63, 3.8) is 0 Å². The van der Waals surface area contributed by atoms with Crippen LogP contribution in [0.25, 0.3) is 0 Å². The monoisotopic (exact) mass is 355 g/mol. The lowest BCUT2D eigenvalue weighted by Crippen LogP contribution is -2.35. The SMILES string of the molecule is CC1=CC2C(C#N)=CC=CC2N1c1nc(C)cc(NCc2ccccc2)n1. The van der Waals surface area contributed by atoms with E-state index in [-0.39, 0.29) is 12.0 Å². The Morgan fingerprint density at radius 3 is 2.78 bits per heavy atom. The number of fused-ring (bicyclic) bond motifs is 1. The molecule has 2 unspecified atom stereocenters. The zero-order valence-electron chi connectivity index (χ0n) is 15.4. The van der Waals surface area contributed by atoms with Crippen LogP contribution in [0.1, 0.15) is 18.2 Å². The molecule has 0 bridgehead atoms. The molecule has 134 valence electrons. The number of nitrogens with zero attached hydrogens (tertiary/aromatic N) is 4. The van der Waals surface area contributed by atoms with Crippen LogP contribution in [0.15, 0.2) is 72.0 Å². The molecule has 0 fully saturated rings. The van der Waals surface area contributed by atoms with E-state index in [0.29, 0.717) is 12.5 Å². The number of benzene rings is 1. The van der Waals surface area contributed by atoms with Gasteiger partial charge < -0.3 is 10.2 Å². The molecule has 27 heavy (non-hydrogen) atoms. The molecular weight excluding hydrogens is 334 g/mol. The van der Waals surface area contributed by atoms with Crippen molar-refractivity contribution in [2.45, 2.75) is 26.4 Å². The summed E-state index contributed by atoms with van der Waals surface area (Å²) in [6.07, 6.45) is 8.08. The zero-order valence-corrected chi connectivity index (χ0v) is 15.4. The van der Waals surface area contributed by atoms with Crippen LogP contribution in [0.4, 0.5) is 11.8 Å². The molecular formula is C22H21N5. The summed E-state index contributed by atoms with van der Waals surface area (Å²) < 4.78 is 0. The van der Waals surface area contributed by atoms with Crippen molar-refractivity contribution in [1.29, 1.82) is 5.26 Å². The van der Waals surface area contributed by atoms with Crippen LogP contribution >= 0.6 is 0 Å². The Kier molecular flexibility index (Phi) is 4.47. The minimum Gasteiger partial charge on any atom is -0.366 e. The Morgan fingerprint density at radius 1 is 1.19 bits per heavy atom. The minimum absolute atomic E-state index is 0.0495. The van der Waals surface area contributed by atoms with Crippen LogP contribution in [0.3, 0.4) is 0 Å². The molecule has 0 spiro atoms. The number of nitrogens with one attached hydrogen (secondary N) is 1. The number of nitriles is 1. The van der Waals surface area contributed by atoms with E-state index < -0.39 is 0 Å². The fraction of sp³-hybridized carbons (Fsp3) is 0.227. The number of anilines is 2. The molecule has 2 heterocycles. The van der Waals surface area contributed by atoms with Gasteiger partial charge in [0.15, 0.2) is 0 Å². The molecule has 1 aliphatic heterocycles. The molecule has 0 amide bonds.